The first-order valence-electron chi connectivity index (χ1n) is 6.66. The summed E-state index contributed by atoms with van der Waals surface area (Å²) >= 11 is 0. The van der Waals surface area contributed by atoms with Crippen LogP contribution in [0.1, 0.15) is 24.0 Å². The third kappa shape index (κ3) is 2.21. The first-order valence-corrected chi connectivity index (χ1v) is 6.66. The molecule has 0 amide bonds. The maximum atomic E-state index is 11.5. The van der Waals surface area contributed by atoms with E-state index >= 15 is 0 Å². The smallest absolute Gasteiger partial charge is 0.312 e. The van der Waals surface area contributed by atoms with Crippen molar-refractivity contribution in [2.75, 3.05) is 13.2 Å². The van der Waals surface area contributed by atoms with Crippen molar-refractivity contribution in [3.8, 4) is 5.75 Å². The molecule has 2 unspecified atom stereocenters. The summed E-state index contributed by atoms with van der Waals surface area (Å²) in [7, 11) is 0. The van der Waals surface area contributed by atoms with Gasteiger partial charge in [-0.3, -0.25) is 4.79 Å². The van der Waals surface area contributed by atoms with Crippen molar-refractivity contribution < 1.29 is 19.4 Å². The number of aryl methyl sites for hydroxylation is 1. The highest BCUT2D eigenvalue weighted by Crippen LogP contribution is 2.39. The van der Waals surface area contributed by atoms with Gasteiger partial charge in [-0.05, 0) is 25.0 Å². The zero-order valence-corrected chi connectivity index (χ0v) is 11.0. The van der Waals surface area contributed by atoms with E-state index in [9.17, 15) is 9.90 Å². The van der Waals surface area contributed by atoms with Crippen molar-refractivity contribution in [1.82, 2.24) is 0 Å². The minimum absolute atomic E-state index is 0.0467. The topological polar surface area (TPSA) is 55.8 Å². The van der Waals surface area contributed by atoms with Crippen LogP contribution in [0.4, 0.5) is 0 Å². The number of fused-ring (bicyclic) bond motifs is 1. The second-order valence-electron chi connectivity index (χ2n) is 5.65. The molecule has 0 aromatic heterocycles. The molecule has 19 heavy (non-hydrogen) atoms. The molecule has 1 fully saturated rings. The Kier molecular flexibility index (Phi) is 2.97. The summed E-state index contributed by atoms with van der Waals surface area (Å²) in [5, 5.41) is 9.45. The number of hydrogen-bond donors (Lipinski definition) is 1. The molecule has 1 N–H and O–H groups in total. The normalized spacial score (nSPS) is 29.0. The number of hydrogen-bond acceptors (Lipinski definition) is 3. The van der Waals surface area contributed by atoms with Gasteiger partial charge in [0.2, 0.25) is 0 Å². The number of aliphatic carboxylic acids is 1. The monoisotopic (exact) mass is 262 g/mol. The lowest BCUT2D eigenvalue weighted by Crippen LogP contribution is -2.36. The van der Waals surface area contributed by atoms with Crippen molar-refractivity contribution in [1.29, 1.82) is 0 Å². The summed E-state index contributed by atoms with van der Waals surface area (Å²) in [4.78, 5) is 11.5. The van der Waals surface area contributed by atoms with Crippen LogP contribution in [0.2, 0.25) is 0 Å². The van der Waals surface area contributed by atoms with Gasteiger partial charge in [-0.1, -0.05) is 17.7 Å². The van der Waals surface area contributed by atoms with Crippen LogP contribution in [0.5, 0.6) is 5.75 Å². The first kappa shape index (κ1) is 12.5. The van der Waals surface area contributed by atoms with Crippen LogP contribution in [0.3, 0.4) is 0 Å². The first-order chi connectivity index (χ1) is 9.09. The SMILES string of the molecule is Cc1ccc2c(c1)CC(CC1(C(=O)O)CCOC1)O2. The molecule has 0 aliphatic carbocycles. The van der Waals surface area contributed by atoms with E-state index in [4.69, 9.17) is 9.47 Å². The van der Waals surface area contributed by atoms with Gasteiger partial charge in [-0.25, -0.2) is 0 Å². The molecule has 2 heterocycles. The molecule has 0 spiro atoms. The van der Waals surface area contributed by atoms with Gasteiger partial charge in [0.1, 0.15) is 11.9 Å². The van der Waals surface area contributed by atoms with Crippen molar-refractivity contribution in [3.05, 3.63) is 29.3 Å². The molecule has 0 saturated carbocycles. The van der Waals surface area contributed by atoms with E-state index in [0.717, 1.165) is 12.2 Å². The Morgan fingerprint density at radius 2 is 2.37 bits per heavy atom. The van der Waals surface area contributed by atoms with E-state index in [1.165, 1.54) is 11.1 Å². The Balaban J connectivity index is 1.74. The Hall–Kier alpha value is -1.55. The van der Waals surface area contributed by atoms with E-state index < -0.39 is 11.4 Å². The summed E-state index contributed by atoms with van der Waals surface area (Å²) in [5.41, 5.74) is 1.63. The molecule has 0 bridgehead atoms. The average molecular weight is 262 g/mol. The predicted molar refractivity (Wildman–Crippen MR) is 69.4 cm³/mol. The minimum atomic E-state index is -0.763. The third-order valence-electron chi connectivity index (χ3n) is 4.13. The van der Waals surface area contributed by atoms with Crippen LogP contribution in [0, 0.1) is 12.3 Å². The zero-order chi connectivity index (χ0) is 13.5. The van der Waals surface area contributed by atoms with Gasteiger partial charge in [-0.2, -0.15) is 0 Å². The van der Waals surface area contributed by atoms with E-state index in [1.807, 2.05) is 12.1 Å². The van der Waals surface area contributed by atoms with Gasteiger partial charge in [0.25, 0.3) is 0 Å². The fourth-order valence-corrected chi connectivity index (χ4v) is 3.02. The molecular weight excluding hydrogens is 244 g/mol. The number of rotatable bonds is 3. The standard InChI is InChI=1S/C15H18O4/c1-10-2-3-13-11(6-10)7-12(19-13)8-15(14(16)17)4-5-18-9-15/h2-3,6,12H,4-5,7-9H2,1H3,(H,16,17). The molecule has 3 rings (SSSR count). The maximum absolute atomic E-state index is 11.5. The number of carboxylic acid groups (broad SMARTS) is 1. The van der Waals surface area contributed by atoms with Crippen LogP contribution in [0.15, 0.2) is 18.2 Å². The Morgan fingerprint density at radius 3 is 3.05 bits per heavy atom. The summed E-state index contributed by atoms with van der Waals surface area (Å²) in [6.07, 6.45) is 1.86. The minimum Gasteiger partial charge on any atom is -0.490 e. The highest BCUT2D eigenvalue weighted by atomic mass is 16.5. The molecule has 4 nitrogen and oxygen atoms in total. The molecule has 4 heteroatoms. The van der Waals surface area contributed by atoms with Crippen molar-refractivity contribution in [2.45, 2.75) is 32.3 Å². The van der Waals surface area contributed by atoms with Crippen LogP contribution >= 0.6 is 0 Å². The van der Waals surface area contributed by atoms with Crippen molar-refractivity contribution in [3.63, 3.8) is 0 Å². The third-order valence-corrected chi connectivity index (χ3v) is 4.13. The van der Waals surface area contributed by atoms with Crippen molar-refractivity contribution >= 4 is 5.97 Å². The molecule has 1 saturated heterocycles. The molecule has 102 valence electrons. The van der Waals surface area contributed by atoms with Crippen LogP contribution in [-0.2, 0) is 16.0 Å². The lowest BCUT2D eigenvalue weighted by Gasteiger charge is -2.25. The molecule has 2 atom stereocenters. The largest absolute Gasteiger partial charge is 0.490 e. The lowest BCUT2D eigenvalue weighted by molar-refractivity contribution is -0.150. The van der Waals surface area contributed by atoms with E-state index in [2.05, 4.69) is 13.0 Å². The fourth-order valence-electron chi connectivity index (χ4n) is 3.02. The number of benzene rings is 1. The Labute approximate surface area is 112 Å². The second-order valence-corrected chi connectivity index (χ2v) is 5.65. The van der Waals surface area contributed by atoms with Gasteiger partial charge in [-0.15, -0.1) is 0 Å². The van der Waals surface area contributed by atoms with Crippen molar-refractivity contribution in [2.24, 2.45) is 5.41 Å². The van der Waals surface area contributed by atoms with Crippen LogP contribution in [0.25, 0.3) is 0 Å². The summed E-state index contributed by atoms with van der Waals surface area (Å²) < 4.78 is 11.2. The zero-order valence-electron chi connectivity index (χ0n) is 11.0. The van der Waals surface area contributed by atoms with Crippen LogP contribution < -0.4 is 4.74 Å². The number of carboxylic acids is 1. The van der Waals surface area contributed by atoms with Gasteiger partial charge in [0.15, 0.2) is 0 Å². The number of carbonyl (C=O) groups is 1. The predicted octanol–water partition coefficient (Wildman–Crippen LogP) is 2.18. The van der Waals surface area contributed by atoms with E-state index in [-0.39, 0.29) is 6.10 Å². The summed E-state index contributed by atoms with van der Waals surface area (Å²) in [6, 6.07) is 6.12. The maximum Gasteiger partial charge on any atom is 0.312 e. The molecular formula is C15H18O4. The second kappa shape index (κ2) is 4.53. The molecule has 1 aromatic carbocycles. The van der Waals surface area contributed by atoms with E-state index in [1.54, 1.807) is 0 Å². The Bertz CT molecular complexity index is 503. The van der Waals surface area contributed by atoms with Gasteiger partial charge in [0.05, 0.1) is 12.0 Å². The van der Waals surface area contributed by atoms with Gasteiger partial charge in [0, 0.05) is 19.4 Å². The lowest BCUT2D eigenvalue weighted by atomic mass is 9.81. The molecule has 2 aliphatic heterocycles. The highest BCUT2D eigenvalue weighted by Gasteiger charge is 2.45. The molecule has 0 radical (unpaired) electrons. The average Bonchev–Trinajstić information content (AvgIpc) is 2.96. The van der Waals surface area contributed by atoms with Gasteiger partial charge < -0.3 is 14.6 Å². The van der Waals surface area contributed by atoms with Gasteiger partial charge >= 0.3 is 5.97 Å². The fraction of sp³-hybridized carbons (Fsp3) is 0.533. The molecule has 1 aromatic rings. The number of ether oxygens (including phenoxy) is 2. The Morgan fingerprint density at radius 1 is 1.53 bits per heavy atom. The summed E-state index contributed by atoms with van der Waals surface area (Å²) in [6.45, 7) is 2.89. The highest BCUT2D eigenvalue weighted by molar-refractivity contribution is 5.75. The summed E-state index contributed by atoms with van der Waals surface area (Å²) in [5.74, 6) is 0.135. The molecule has 2 aliphatic rings. The van der Waals surface area contributed by atoms with Crippen LogP contribution in [-0.4, -0.2) is 30.4 Å². The quantitative estimate of drug-likeness (QED) is 0.907. The van der Waals surface area contributed by atoms with E-state index in [0.29, 0.717) is 26.1 Å².